The van der Waals surface area contributed by atoms with Gasteiger partial charge in [-0.3, -0.25) is 0 Å². The molecule has 1 rings (SSSR count). The van der Waals surface area contributed by atoms with Crippen molar-refractivity contribution in [3.63, 3.8) is 0 Å². The summed E-state index contributed by atoms with van der Waals surface area (Å²) in [5.41, 5.74) is 1.21. The number of hydrogen-bond acceptors (Lipinski definition) is 4. The normalized spacial score (nSPS) is 12.4. The third kappa shape index (κ3) is 5.68. The molecule has 0 amide bonds. The molecule has 0 unspecified atom stereocenters. The molecule has 1 aromatic rings. The first-order chi connectivity index (χ1) is 8.24. The van der Waals surface area contributed by atoms with Crippen LogP contribution in [-0.2, 0) is 0 Å². The molecule has 0 aromatic heterocycles. The zero-order valence-electron chi connectivity index (χ0n) is 10.3. The number of aliphatic hydroxyl groups is 2. The highest BCUT2D eigenvalue weighted by Gasteiger charge is 2.01. The Hall–Kier alpha value is -1.10. The summed E-state index contributed by atoms with van der Waals surface area (Å²) in [5, 5.41) is 20.9. The van der Waals surface area contributed by atoms with E-state index in [1.165, 1.54) is 5.69 Å². The van der Waals surface area contributed by atoms with Gasteiger partial charge in [0.1, 0.15) is 0 Å². The minimum absolute atomic E-state index is 0.184. The highest BCUT2D eigenvalue weighted by atomic mass is 16.3. The molecule has 1 atom stereocenters. The molecule has 0 spiro atoms. The van der Waals surface area contributed by atoms with Crippen LogP contribution in [-0.4, -0.2) is 49.6 Å². The Labute approximate surface area is 103 Å². The van der Waals surface area contributed by atoms with Gasteiger partial charge in [0.15, 0.2) is 0 Å². The van der Waals surface area contributed by atoms with Gasteiger partial charge in [0.25, 0.3) is 0 Å². The maximum absolute atomic E-state index is 9.12. The smallest absolute Gasteiger partial charge is 0.0894 e. The van der Waals surface area contributed by atoms with E-state index in [1.807, 2.05) is 18.2 Å². The van der Waals surface area contributed by atoms with Crippen LogP contribution in [0.1, 0.15) is 6.42 Å². The number of para-hydroxylation sites is 1. The van der Waals surface area contributed by atoms with Gasteiger partial charge in [-0.1, -0.05) is 18.2 Å². The predicted octanol–water partition coefficient (Wildman–Crippen LogP) is 0.456. The summed E-state index contributed by atoms with van der Waals surface area (Å²) >= 11 is 0. The molecule has 0 aliphatic rings. The molecule has 3 N–H and O–H groups in total. The molecule has 0 saturated carbocycles. The summed E-state index contributed by atoms with van der Waals surface area (Å²) in [5.74, 6) is 0. The lowest BCUT2D eigenvalue weighted by atomic mass is 10.3. The monoisotopic (exact) mass is 238 g/mol. The molecule has 0 aliphatic carbocycles. The zero-order valence-corrected chi connectivity index (χ0v) is 10.3. The number of aliphatic hydroxyl groups excluding tert-OH is 2. The molecule has 96 valence electrons. The number of nitrogens with one attached hydrogen (secondary N) is 1. The van der Waals surface area contributed by atoms with E-state index in [-0.39, 0.29) is 6.61 Å². The van der Waals surface area contributed by atoms with Crippen LogP contribution >= 0.6 is 0 Å². The first kappa shape index (κ1) is 14.0. The second kappa shape index (κ2) is 8.06. The fraction of sp³-hybridized carbons (Fsp3) is 0.538. The van der Waals surface area contributed by atoms with Crippen LogP contribution in [0.15, 0.2) is 30.3 Å². The molecule has 0 bridgehead atoms. The zero-order chi connectivity index (χ0) is 12.5. The SMILES string of the molecule is CN(CCCNC[C@H](O)CO)c1ccccc1. The lowest BCUT2D eigenvalue weighted by Gasteiger charge is -2.19. The molecule has 4 nitrogen and oxygen atoms in total. The summed E-state index contributed by atoms with van der Waals surface area (Å²) in [6.07, 6.45) is 0.352. The highest BCUT2D eigenvalue weighted by Crippen LogP contribution is 2.10. The van der Waals surface area contributed by atoms with E-state index in [9.17, 15) is 0 Å². The summed E-state index contributed by atoms with van der Waals surface area (Å²) in [6.45, 7) is 2.07. The highest BCUT2D eigenvalue weighted by molar-refractivity contribution is 5.44. The maximum Gasteiger partial charge on any atom is 0.0894 e. The van der Waals surface area contributed by atoms with Crippen molar-refractivity contribution in [2.45, 2.75) is 12.5 Å². The van der Waals surface area contributed by atoms with E-state index >= 15 is 0 Å². The topological polar surface area (TPSA) is 55.7 Å². The number of benzene rings is 1. The average Bonchev–Trinajstić information content (AvgIpc) is 2.38. The third-order valence-corrected chi connectivity index (χ3v) is 2.63. The van der Waals surface area contributed by atoms with Crippen LogP contribution in [0.3, 0.4) is 0 Å². The molecule has 17 heavy (non-hydrogen) atoms. The second-order valence-electron chi connectivity index (χ2n) is 4.15. The van der Waals surface area contributed by atoms with Gasteiger partial charge in [-0.15, -0.1) is 0 Å². The Morgan fingerprint density at radius 1 is 1.29 bits per heavy atom. The van der Waals surface area contributed by atoms with Crippen molar-refractivity contribution in [3.05, 3.63) is 30.3 Å². The quantitative estimate of drug-likeness (QED) is 0.576. The summed E-state index contributed by atoms with van der Waals surface area (Å²) in [6, 6.07) is 10.2. The lowest BCUT2D eigenvalue weighted by molar-refractivity contribution is 0.0946. The van der Waals surface area contributed by atoms with E-state index in [1.54, 1.807) is 0 Å². The molecular weight excluding hydrogens is 216 g/mol. The molecule has 0 radical (unpaired) electrons. The number of rotatable bonds is 8. The fourth-order valence-electron chi connectivity index (χ4n) is 1.59. The Bertz CT molecular complexity index is 293. The van der Waals surface area contributed by atoms with Crippen LogP contribution < -0.4 is 10.2 Å². The standard InChI is InChI=1S/C13H22N2O2/c1-15(12-6-3-2-4-7-12)9-5-8-14-10-13(17)11-16/h2-4,6-7,13-14,16-17H,5,8-11H2,1H3/t13-/m0/s1. The fourth-order valence-corrected chi connectivity index (χ4v) is 1.59. The van der Waals surface area contributed by atoms with Gasteiger partial charge < -0.3 is 20.4 Å². The van der Waals surface area contributed by atoms with Crippen LogP contribution in [0.25, 0.3) is 0 Å². The van der Waals surface area contributed by atoms with Gasteiger partial charge in [0.2, 0.25) is 0 Å². The van der Waals surface area contributed by atoms with Gasteiger partial charge in [-0.2, -0.15) is 0 Å². The van der Waals surface area contributed by atoms with Crippen LogP contribution in [0.2, 0.25) is 0 Å². The van der Waals surface area contributed by atoms with E-state index in [0.29, 0.717) is 6.54 Å². The van der Waals surface area contributed by atoms with Crippen molar-refractivity contribution >= 4 is 5.69 Å². The van der Waals surface area contributed by atoms with Crippen molar-refractivity contribution in [2.75, 3.05) is 38.2 Å². The van der Waals surface area contributed by atoms with Crippen molar-refractivity contribution in [1.29, 1.82) is 0 Å². The Morgan fingerprint density at radius 2 is 2.00 bits per heavy atom. The summed E-state index contributed by atoms with van der Waals surface area (Å²) in [7, 11) is 2.07. The Kier molecular flexibility index (Phi) is 6.62. The Morgan fingerprint density at radius 3 is 2.65 bits per heavy atom. The third-order valence-electron chi connectivity index (χ3n) is 2.63. The number of hydrogen-bond donors (Lipinski definition) is 3. The van der Waals surface area contributed by atoms with Gasteiger partial charge in [-0.25, -0.2) is 0 Å². The maximum atomic E-state index is 9.12. The number of nitrogens with zero attached hydrogens (tertiary/aromatic N) is 1. The van der Waals surface area contributed by atoms with E-state index in [4.69, 9.17) is 10.2 Å². The van der Waals surface area contributed by atoms with Gasteiger partial charge >= 0.3 is 0 Å². The van der Waals surface area contributed by atoms with E-state index in [2.05, 4.69) is 29.4 Å². The van der Waals surface area contributed by atoms with Gasteiger partial charge in [0.05, 0.1) is 12.7 Å². The first-order valence-electron chi connectivity index (χ1n) is 6.00. The molecular formula is C13H22N2O2. The minimum atomic E-state index is -0.651. The number of anilines is 1. The van der Waals surface area contributed by atoms with Crippen molar-refractivity contribution in [3.8, 4) is 0 Å². The molecule has 0 fully saturated rings. The largest absolute Gasteiger partial charge is 0.394 e. The predicted molar refractivity (Wildman–Crippen MR) is 70.3 cm³/mol. The van der Waals surface area contributed by atoms with Crippen LogP contribution in [0, 0.1) is 0 Å². The average molecular weight is 238 g/mol. The molecule has 0 aliphatic heterocycles. The lowest BCUT2D eigenvalue weighted by Crippen LogP contribution is -2.31. The molecule has 0 saturated heterocycles. The molecule has 0 heterocycles. The Balaban J connectivity index is 2.11. The molecule has 1 aromatic carbocycles. The van der Waals surface area contributed by atoms with Crippen LogP contribution in [0.5, 0.6) is 0 Å². The van der Waals surface area contributed by atoms with Crippen LogP contribution in [0.4, 0.5) is 5.69 Å². The molecule has 4 heteroatoms. The first-order valence-corrected chi connectivity index (χ1v) is 6.00. The summed E-state index contributed by atoms with van der Waals surface area (Å²) < 4.78 is 0. The van der Waals surface area contributed by atoms with E-state index < -0.39 is 6.10 Å². The van der Waals surface area contributed by atoms with Gasteiger partial charge in [0, 0.05) is 25.8 Å². The minimum Gasteiger partial charge on any atom is -0.394 e. The van der Waals surface area contributed by atoms with Gasteiger partial charge in [-0.05, 0) is 25.1 Å². The van der Waals surface area contributed by atoms with Crippen molar-refractivity contribution in [1.82, 2.24) is 5.32 Å². The second-order valence-corrected chi connectivity index (χ2v) is 4.15. The van der Waals surface area contributed by atoms with Crippen molar-refractivity contribution < 1.29 is 10.2 Å². The van der Waals surface area contributed by atoms with E-state index in [0.717, 1.165) is 19.5 Å². The van der Waals surface area contributed by atoms with Crippen molar-refractivity contribution in [2.24, 2.45) is 0 Å². The summed E-state index contributed by atoms with van der Waals surface area (Å²) in [4.78, 5) is 2.20.